The molecule has 4 atom stereocenters. The van der Waals surface area contributed by atoms with E-state index in [0.29, 0.717) is 42.5 Å². The van der Waals surface area contributed by atoms with Crippen LogP contribution in [0.15, 0.2) is 89.9 Å². The summed E-state index contributed by atoms with van der Waals surface area (Å²) >= 11 is 1.48. The number of nitrogens with zero attached hydrogens (tertiary/aromatic N) is 1. The number of hydroxylamine groups is 1. The minimum atomic E-state index is -0.553. The van der Waals surface area contributed by atoms with Crippen LogP contribution < -0.4 is 10.8 Å². The molecule has 1 fully saturated rings. The first-order valence-corrected chi connectivity index (χ1v) is 19.1. The summed E-state index contributed by atoms with van der Waals surface area (Å²) in [6.45, 7) is 6.52. The lowest BCUT2D eigenvalue weighted by molar-refractivity contribution is -0.236. The Morgan fingerprint density at radius 1 is 0.942 bits per heavy atom. The van der Waals surface area contributed by atoms with Gasteiger partial charge in [0.2, 0.25) is 17.0 Å². The fourth-order valence-electron chi connectivity index (χ4n) is 5.80. The van der Waals surface area contributed by atoms with Crippen LogP contribution in [0.2, 0.25) is 0 Å². The lowest BCUT2D eigenvalue weighted by atomic mass is 9.96. The van der Waals surface area contributed by atoms with E-state index >= 15 is 0 Å². The first-order valence-electron chi connectivity index (χ1n) is 18.1. The molecule has 10 nitrogen and oxygen atoms in total. The molecular formula is C41H53N3O7S. The van der Waals surface area contributed by atoms with Gasteiger partial charge in [-0.25, -0.2) is 10.5 Å². The van der Waals surface area contributed by atoms with E-state index in [1.165, 1.54) is 17.3 Å². The summed E-state index contributed by atoms with van der Waals surface area (Å²) in [6, 6.07) is 23.9. The molecule has 0 radical (unpaired) electrons. The first kappa shape index (κ1) is 40.8. The quantitative estimate of drug-likeness (QED) is 0.0255. The summed E-state index contributed by atoms with van der Waals surface area (Å²) in [6.07, 6.45) is 8.18. The number of aliphatic imine (C=N–C) groups is 1. The summed E-state index contributed by atoms with van der Waals surface area (Å²) in [5.74, 6) is 0.0133. The van der Waals surface area contributed by atoms with Crippen LogP contribution in [-0.2, 0) is 37.0 Å². The van der Waals surface area contributed by atoms with Gasteiger partial charge in [-0.15, -0.1) is 0 Å². The SMILES string of the molecule is C/C=C\CC(C)N=C(OCc1cccc(C)c1)SCC1OC(c2ccc(CO)cc2)CC(c2ccc(NC(=O)CCCCCCC(=O)NO)cc2)O1. The Labute approximate surface area is 312 Å². The summed E-state index contributed by atoms with van der Waals surface area (Å²) in [5.41, 5.74) is 7.41. The first-order chi connectivity index (χ1) is 25.3. The number of unbranched alkanes of at least 4 members (excludes halogenated alkanes) is 3. The summed E-state index contributed by atoms with van der Waals surface area (Å²) in [5, 5.41) is 21.7. The molecule has 11 heteroatoms. The van der Waals surface area contributed by atoms with Gasteiger partial charge in [-0.2, -0.15) is 0 Å². The molecule has 0 spiro atoms. The van der Waals surface area contributed by atoms with Crippen molar-refractivity contribution in [3.05, 3.63) is 113 Å². The topological polar surface area (TPSA) is 139 Å². The number of aliphatic hydroxyl groups excluding tert-OH is 1. The van der Waals surface area contributed by atoms with E-state index in [-0.39, 0.29) is 37.2 Å². The summed E-state index contributed by atoms with van der Waals surface area (Å²) in [7, 11) is 0. The van der Waals surface area contributed by atoms with Crippen LogP contribution in [0.5, 0.6) is 0 Å². The van der Waals surface area contributed by atoms with Crippen LogP contribution in [0.1, 0.15) is 105 Å². The Morgan fingerprint density at radius 3 is 2.21 bits per heavy atom. The third-order valence-corrected chi connectivity index (χ3v) is 9.58. The van der Waals surface area contributed by atoms with E-state index in [9.17, 15) is 14.7 Å². The Hall–Kier alpha value is -4.00. The number of amides is 2. The predicted molar refractivity (Wildman–Crippen MR) is 206 cm³/mol. The number of ether oxygens (including phenoxy) is 3. The Kier molecular flexibility index (Phi) is 17.4. The third-order valence-electron chi connectivity index (χ3n) is 8.67. The second-order valence-corrected chi connectivity index (χ2v) is 14.0. The zero-order chi connectivity index (χ0) is 37.1. The summed E-state index contributed by atoms with van der Waals surface area (Å²) in [4.78, 5) is 28.6. The van der Waals surface area contributed by atoms with E-state index < -0.39 is 12.2 Å². The van der Waals surface area contributed by atoms with Gasteiger partial charge in [-0.05, 0) is 74.4 Å². The maximum Gasteiger partial charge on any atom is 0.246 e. The predicted octanol–water partition coefficient (Wildman–Crippen LogP) is 8.48. The summed E-state index contributed by atoms with van der Waals surface area (Å²) < 4.78 is 19.4. The number of rotatable bonds is 18. The Morgan fingerprint density at radius 2 is 1.60 bits per heavy atom. The van der Waals surface area contributed by atoms with Gasteiger partial charge in [0.25, 0.3) is 0 Å². The molecule has 0 bridgehead atoms. The molecule has 4 unspecified atom stereocenters. The van der Waals surface area contributed by atoms with Crippen molar-refractivity contribution in [3.8, 4) is 0 Å². The van der Waals surface area contributed by atoms with Crippen LogP contribution in [0.25, 0.3) is 0 Å². The van der Waals surface area contributed by atoms with Gasteiger partial charge in [0.15, 0.2) is 6.29 Å². The van der Waals surface area contributed by atoms with Crippen molar-refractivity contribution < 1.29 is 34.1 Å². The lowest BCUT2D eigenvalue weighted by Gasteiger charge is -2.36. The molecule has 1 saturated heterocycles. The zero-order valence-electron chi connectivity index (χ0n) is 30.5. The molecule has 280 valence electrons. The second kappa shape index (κ2) is 22.2. The molecule has 0 saturated carbocycles. The second-order valence-electron chi connectivity index (χ2n) is 13.1. The smallest absolute Gasteiger partial charge is 0.246 e. The number of carbonyl (C=O) groups excluding carboxylic acids is 2. The monoisotopic (exact) mass is 731 g/mol. The molecule has 1 heterocycles. The van der Waals surface area contributed by atoms with Gasteiger partial charge in [0.05, 0.1) is 30.6 Å². The highest BCUT2D eigenvalue weighted by molar-refractivity contribution is 8.13. The van der Waals surface area contributed by atoms with E-state index in [4.69, 9.17) is 24.4 Å². The highest BCUT2D eigenvalue weighted by atomic mass is 32.2. The van der Waals surface area contributed by atoms with Crippen molar-refractivity contribution in [2.24, 2.45) is 4.99 Å². The zero-order valence-corrected chi connectivity index (χ0v) is 31.3. The number of benzene rings is 3. The number of hydrogen-bond acceptors (Lipinski definition) is 9. The van der Waals surface area contributed by atoms with Gasteiger partial charge < -0.3 is 24.6 Å². The normalized spacial score (nSPS) is 18.2. The maximum absolute atomic E-state index is 12.6. The third kappa shape index (κ3) is 14.2. The van der Waals surface area contributed by atoms with Crippen molar-refractivity contribution in [1.29, 1.82) is 0 Å². The molecule has 52 heavy (non-hydrogen) atoms. The van der Waals surface area contributed by atoms with E-state index in [2.05, 4.69) is 37.4 Å². The fraction of sp³-hybridized carbons (Fsp3) is 0.439. The number of carbonyl (C=O) groups is 2. The van der Waals surface area contributed by atoms with Crippen molar-refractivity contribution in [2.75, 3.05) is 11.1 Å². The van der Waals surface area contributed by atoms with Gasteiger partial charge in [0, 0.05) is 24.9 Å². The van der Waals surface area contributed by atoms with Crippen LogP contribution in [0.3, 0.4) is 0 Å². The average Bonchev–Trinajstić information content (AvgIpc) is 3.16. The maximum atomic E-state index is 12.6. The molecule has 3 aromatic rings. The van der Waals surface area contributed by atoms with E-state index in [1.807, 2.05) is 73.7 Å². The minimum absolute atomic E-state index is 0.0255. The molecule has 2 amide bonds. The number of thioether (sulfide) groups is 1. The fourth-order valence-corrected chi connectivity index (χ4v) is 6.64. The molecule has 4 N–H and O–H groups in total. The number of nitrogens with one attached hydrogen (secondary N) is 2. The molecule has 0 aromatic heterocycles. The van der Waals surface area contributed by atoms with Crippen molar-refractivity contribution in [1.82, 2.24) is 5.48 Å². The standard InChI is InChI=1S/C41H53N3O7S/c1-4-5-12-30(3)42-41(49-27-32-13-10-11-29(2)24-32)52-28-40-50-36(33-18-16-31(26-45)17-19-33)25-37(51-40)34-20-22-35(23-21-34)43-38(46)14-8-6-7-9-15-39(47)44-48/h4-5,10-11,13,16-24,30,36-37,40,45,48H,6-9,12,14-15,25-28H2,1-3H3,(H,43,46)(H,44,47)/b5-4-,42-41?. The number of aryl methyl sites for hydroxylation is 1. The van der Waals surface area contributed by atoms with E-state index in [0.717, 1.165) is 47.9 Å². The number of anilines is 1. The molecule has 1 aliphatic rings. The minimum Gasteiger partial charge on any atom is -0.468 e. The van der Waals surface area contributed by atoms with Crippen molar-refractivity contribution in [3.63, 3.8) is 0 Å². The van der Waals surface area contributed by atoms with Crippen LogP contribution in [-0.4, -0.2) is 45.4 Å². The van der Waals surface area contributed by atoms with Gasteiger partial charge in [-0.3, -0.25) is 14.8 Å². The highest BCUT2D eigenvalue weighted by Gasteiger charge is 2.32. The molecular weight excluding hydrogens is 679 g/mol. The Balaban J connectivity index is 1.41. The number of allylic oxidation sites excluding steroid dienone is 1. The Bertz CT molecular complexity index is 1600. The average molecular weight is 732 g/mol. The molecule has 3 aromatic carbocycles. The van der Waals surface area contributed by atoms with Gasteiger partial charge in [0.1, 0.15) is 6.61 Å². The van der Waals surface area contributed by atoms with Crippen LogP contribution in [0.4, 0.5) is 5.69 Å². The molecule has 4 rings (SSSR count). The molecule has 0 aliphatic carbocycles. The number of aliphatic hydroxyl groups is 1. The number of hydrogen-bond donors (Lipinski definition) is 4. The highest BCUT2D eigenvalue weighted by Crippen LogP contribution is 2.40. The molecule has 1 aliphatic heterocycles. The van der Waals surface area contributed by atoms with Crippen molar-refractivity contribution >= 4 is 34.5 Å². The van der Waals surface area contributed by atoms with Crippen LogP contribution in [0, 0.1) is 6.92 Å². The van der Waals surface area contributed by atoms with Gasteiger partial charge >= 0.3 is 0 Å². The van der Waals surface area contributed by atoms with Crippen molar-refractivity contribution in [2.45, 2.75) is 110 Å². The van der Waals surface area contributed by atoms with Crippen LogP contribution >= 0.6 is 11.8 Å². The van der Waals surface area contributed by atoms with Gasteiger partial charge in [-0.1, -0.05) is 103 Å². The lowest BCUT2D eigenvalue weighted by Crippen LogP contribution is -2.32. The largest absolute Gasteiger partial charge is 0.468 e. The van der Waals surface area contributed by atoms with E-state index in [1.54, 1.807) is 5.48 Å².